The first-order valence-electron chi connectivity index (χ1n) is 21.8. The summed E-state index contributed by atoms with van der Waals surface area (Å²) in [5.74, 6) is -8.11. The Bertz CT molecular complexity index is 2250. The molecule has 0 radical (unpaired) electrons. The molecule has 2 heterocycles. The van der Waals surface area contributed by atoms with Crippen molar-refractivity contribution in [3.05, 3.63) is 81.2 Å². The van der Waals surface area contributed by atoms with Crippen LogP contribution in [0.1, 0.15) is 153 Å². The normalized spacial score (nSPS) is 10.9. The van der Waals surface area contributed by atoms with E-state index >= 15 is 0 Å². The number of rotatable bonds is 22. The van der Waals surface area contributed by atoms with Crippen LogP contribution in [0.4, 0.5) is 17.6 Å². The Morgan fingerprint density at radius 2 is 0.717 bits per heavy atom. The van der Waals surface area contributed by atoms with Gasteiger partial charge in [0, 0.05) is 20.2 Å². The molecular formula is C50H56F4N4S2. The van der Waals surface area contributed by atoms with E-state index in [-0.39, 0.29) is 0 Å². The molecule has 0 saturated heterocycles. The number of thiophene rings is 2. The maximum atomic E-state index is 13.6. The highest BCUT2D eigenvalue weighted by Crippen LogP contribution is 2.44. The number of aryl methyl sites for hydroxylation is 2. The van der Waals surface area contributed by atoms with Crippen molar-refractivity contribution in [1.82, 2.24) is 0 Å². The second-order valence-electron chi connectivity index (χ2n) is 15.6. The summed E-state index contributed by atoms with van der Waals surface area (Å²) in [6, 6.07) is 19.0. The molecule has 0 N–H and O–H groups in total. The van der Waals surface area contributed by atoms with Crippen LogP contribution in [0.15, 0.2) is 36.4 Å². The molecule has 0 aliphatic heterocycles. The van der Waals surface area contributed by atoms with Gasteiger partial charge in [-0.3, -0.25) is 0 Å². The van der Waals surface area contributed by atoms with Gasteiger partial charge in [0.25, 0.3) is 0 Å². The highest BCUT2D eigenvalue weighted by molar-refractivity contribution is 7.36. The molecule has 4 nitrogen and oxygen atoms in total. The fraction of sp³-hybridized carbons (Fsp3) is 0.480. The number of halogens is 4. The lowest BCUT2D eigenvalue weighted by Crippen LogP contribution is -2.31. The Labute approximate surface area is 361 Å². The summed E-state index contributed by atoms with van der Waals surface area (Å²) < 4.78 is 60.5. The van der Waals surface area contributed by atoms with Crippen LogP contribution < -0.4 is 10.4 Å². The van der Waals surface area contributed by atoms with E-state index in [4.69, 9.17) is 21.0 Å². The van der Waals surface area contributed by atoms with Crippen molar-refractivity contribution in [3.8, 4) is 24.3 Å². The van der Waals surface area contributed by atoms with Crippen molar-refractivity contribution in [1.29, 1.82) is 21.0 Å². The van der Waals surface area contributed by atoms with E-state index in [9.17, 15) is 17.6 Å². The molecule has 10 heteroatoms. The lowest BCUT2D eigenvalue weighted by atomic mass is 10.0. The maximum absolute atomic E-state index is 13.6. The second kappa shape index (κ2) is 25.8. The second-order valence-corrected chi connectivity index (χ2v) is 17.7. The summed E-state index contributed by atoms with van der Waals surface area (Å²) in [7, 11) is 0. The van der Waals surface area contributed by atoms with Crippen molar-refractivity contribution in [2.24, 2.45) is 0 Å². The monoisotopic (exact) mass is 852 g/mol. The Balaban J connectivity index is 0.000000334. The van der Waals surface area contributed by atoms with E-state index in [0.717, 1.165) is 24.3 Å². The average molecular weight is 853 g/mol. The summed E-state index contributed by atoms with van der Waals surface area (Å²) in [5, 5.41) is 33.9. The highest BCUT2D eigenvalue weighted by atomic mass is 32.1. The molecule has 0 fully saturated rings. The number of hydrogen-bond acceptors (Lipinski definition) is 6. The Morgan fingerprint density at radius 3 is 1.00 bits per heavy atom. The van der Waals surface area contributed by atoms with Gasteiger partial charge in [-0.2, -0.15) is 21.0 Å². The van der Waals surface area contributed by atoms with Gasteiger partial charge in [-0.25, -0.2) is 17.6 Å². The van der Waals surface area contributed by atoms with Crippen LogP contribution in [0.3, 0.4) is 0 Å². The first-order valence-corrected chi connectivity index (χ1v) is 23.4. The van der Waals surface area contributed by atoms with Crippen LogP contribution in [-0.4, -0.2) is 0 Å². The van der Waals surface area contributed by atoms with Crippen LogP contribution in [0.25, 0.3) is 40.7 Å². The minimum atomic E-state index is -2.03. The summed E-state index contributed by atoms with van der Waals surface area (Å²) in [6.45, 7) is 4.60. The number of fused-ring (bicyclic) bond motifs is 5. The first-order chi connectivity index (χ1) is 29.2. The summed E-state index contributed by atoms with van der Waals surface area (Å²) in [4.78, 5) is 0. The molecule has 316 valence electrons. The highest BCUT2D eigenvalue weighted by Gasteiger charge is 2.22. The van der Waals surface area contributed by atoms with Gasteiger partial charge in [0.15, 0.2) is 23.3 Å². The standard InChI is InChI=1S/C38H56S2.C12F4N4/c1-3-5-7-9-11-13-15-17-19-21-23-31-25-27-33-35(29-31)39-38-34-28-26-32(30-36(34)40-37(33)38)24-22-20-18-16-14-12-10-8-6-4-2;13-9-7(5(1-17)2-18)10(14)12(16)8(11(9)15)6(3-19)4-20/h25-30H,3-24H2,1-2H3;. The number of nitrogens with zero attached hydrogens (tertiary/aromatic N) is 4. The van der Waals surface area contributed by atoms with Gasteiger partial charge in [-0.1, -0.05) is 154 Å². The molecule has 0 amide bonds. The summed E-state index contributed by atoms with van der Waals surface area (Å²) in [6.07, 6.45) is 30.7. The number of nitriles is 4. The van der Waals surface area contributed by atoms with Crippen LogP contribution >= 0.6 is 22.7 Å². The molecule has 0 unspecified atom stereocenters. The number of benzene rings is 3. The third-order valence-electron chi connectivity index (χ3n) is 11.1. The Kier molecular flexibility index (Phi) is 20.6. The van der Waals surface area contributed by atoms with Crippen molar-refractivity contribution < 1.29 is 17.6 Å². The van der Waals surface area contributed by atoms with Crippen LogP contribution in [-0.2, 0) is 12.8 Å². The lowest BCUT2D eigenvalue weighted by molar-refractivity contribution is 0.434. The van der Waals surface area contributed by atoms with Crippen molar-refractivity contribution >= 4 is 63.4 Å². The van der Waals surface area contributed by atoms with E-state index in [1.54, 1.807) is 0 Å². The molecule has 2 aromatic heterocycles. The molecule has 3 aromatic carbocycles. The zero-order valence-electron chi connectivity index (χ0n) is 35.1. The van der Waals surface area contributed by atoms with Crippen molar-refractivity contribution in [2.75, 3.05) is 0 Å². The lowest BCUT2D eigenvalue weighted by Gasteiger charge is -2.04. The largest absolute Gasteiger partial charge is 0.203 e. The van der Waals surface area contributed by atoms with Gasteiger partial charge in [0.1, 0.15) is 35.4 Å². The predicted molar refractivity (Wildman–Crippen MR) is 241 cm³/mol. The van der Waals surface area contributed by atoms with Gasteiger partial charge in [-0.15, -0.1) is 22.7 Å². The topological polar surface area (TPSA) is 95.2 Å². The van der Waals surface area contributed by atoms with E-state index in [2.05, 4.69) is 50.2 Å². The van der Waals surface area contributed by atoms with Crippen LogP contribution in [0.2, 0.25) is 0 Å². The fourth-order valence-electron chi connectivity index (χ4n) is 7.63. The zero-order chi connectivity index (χ0) is 43.3. The van der Waals surface area contributed by atoms with Gasteiger partial charge in [0.05, 0.1) is 19.8 Å². The summed E-state index contributed by atoms with van der Waals surface area (Å²) in [5.41, 5.74) is 0.702. The SMILES string of the molecule is CCCCCCCCCCCCc1ccc2c(c1)sc1c3ccc(CCCCCCCCCCCC)cc3sc21.N#CC(C#N)=c1c(F)c(F)c(=C(C#N)C#N)c(F)c1F. The predicted octanol–water partition coefficient (Wildman–Crippen LogP) is 14.8. The van der Waals surface area contributed by atoms with E-state index in [1.807, 2.05) is 22.7 Å². The minimum Gasteiger partial charge on any atom is -0.203 e. The third kappa shape index (κ3) is 13.1. The van der Waals surface area contributed by atoms with Crippen molar-refractivity contribution in [2.45, 2.75) is 155 Å². The summed E-state index contributed by atoms with van der Waals surface area (Å²) >= 11 is 4.04. The molecule has 0 aliphatic carbocycles. The number of unbranched alkanes of at least 4 members (excludes halogenated alkanes) is 18. The van der Waals surface area contributed by atoms with Gasteiger partial charge >= 0.3 is 0 Å². The van der Waals surface area contributed by atoms with E-state index in [1.165, 1.54) is 182 Å². The first kappa shape index (κ1) is 47.9. The van der Waals surface area contributed by atoms with Crippen LogP contribution in [0.5, 0.6) is 0 Å². The van der Waals surface area contributed by atoms with E-state index < -0.39 is 44.9 Å². The Morgan fingerprint density at radius 1 is 0.433 bits per heavy atom. The van der Waals surface area contributed by atoms with Gasteiger partial charge in [0.2, 0.25) is 0 Å². The molecule has 5 rings (SSSR count). The molecular weight excluding hydrogens is 797 g/mol. The maximum Gasteiger partial charge on any atom is 0.171 e. The Hall–Kier alpha value is -4.74. The molecule has 0 bridgehead atoms. The molecule has 0 aliphatic rings. The van der Waals surface area contributed by atoms with E-state index in [0.29, 0.717) is 0 Å². The van der Waals surface area contributed by atoms with Crippen LogP contribution in [0, 0.1) is 68.6 Å². The van der Waals surface area contributed by atoms with Gasteiger partial charge < -0.3 is 0 Å². The molecule has 60 heavy (non-hydrogen) atoms. The fourth-order valence-corrected chi connectivity index (χ4v) is 10.4. The quantitative estimate of drug-likeness (QED) is 0.0394. The third-order valence-corrected chi connectivity index (χ3v) is 13.6. The smallest absolute Gasteiger partial charge is 0.171 e. The zero-order valence-corrected chi connectivity index (χ0v) is 36.8. The van der Waals surface area contributed by atoms with Crippen molar-refractivity contribution in [3.63, 3.8) is 0 Å². The minimum absolute atomic E-state index is 1.09. The van der Waals surface area contributed by atoms with Gasteiger partial charge in [-0.05, 0) is 48.9 Å². The number of hydrogen-bond donors (Lipinski definition) is 0. The molecule has 0 atom stereocenters. The molecule has 0 spiro atoms. The molecule has 5 aromatic rings. The average Bonchev–Trinajstić information content (AvgIpc) is 3.80. The molecule has 0 saturated carbocycles.